The molecule has 4 N–H and O–H groups in total. The first kappa shape index (κ1) is 30.1. The number of nitrogen functional groups attached to an aromatic ring is 2. The summed E-state index contributed by atoms with van der Waals surface area (Å²) in [6.45, 7) is 0.763. The summed E-state index contributed by atoms with van der Waals surface area (Å²) in [5.74, 6) is 1.59. The van der Waals surface area contributed by atoms with Gasteiger partial charge in [0.05, 0.1) is 83.5 Å². The quantitative estimate of drug-likeness (QED) is 0.271. The molecule has 1 aromatic carbocycles. The van der Waals surface area contributed by atoms with Crippen molar-refractivity contribution < 1.29 is 4.74 Å². The number of rotatable bonds is 11. The van der Waals surface area contributed by atoms with Crippen molar-refractivity contribution >= 4 is 146 Å². The zero-order valence-electron chi connectivity index (χ0n) is 24.0. The van der Waals surface area contributed by atoms with E-state index in [9.17, 15) is 0 Å². The Morgan fingerprint density at radius 3 is 1.38 bits per heavy atom. The molecule has 34 heavy (non-hydrogen) atoms. The van der Waals surface area contributed by atoms with Gasteiger partial charge in [-0.1, -0.05) is 18.7 Å². The molecule has 0 heterocycles. The monoisotopic (exact) mass is 434 g/mol. The Balaban J connectivity index is 2.31. The second kappa shape index (κ2) is 13.4. The van der Waals surface area contributed by atoms with Crippen LogP contribution in [0.5, 0.6) is 5.75 Å². The molecule has 0 saturated heterocycles. The smallest absolute Gasteiger partial charge is 0.123 e. The lowest BCUT2D eigenvalue weighted by Gasteiger charge is -2.46. The van der Waals surface area contributed by atoms with Crippen LogP contribution in [-0.2, 0) is 0 Å². The van der Waals surface area contributed by atoms with Gasteiger partial charge in [-0.05, 0) is 18.9 Å². The SMILES string of the molecule is BB(B)B(B(B)B)B(B(B)B)B(B(B(B)B)B(B)B)C1CCC(Oc2cc(N)cc(N)c2)CC1. The summed E-state index contributed by atoms with van der Waals surface area (Å²) in [7, 11) is 24.7. The summed E-state index contributed by atoms with van der Waals surface area (Å²) in [6.07, 6.45) is 10.8. The van der Waals surface area contributed by atoms with Crippen molar-refractivity contribution in [2.45, 2.75) is 37.6 Å². The first-order chi connectivity index (χ1) is 15.8. The van der Waals surface area contributed by atoms with Crippen molar-refractivity contribution in [2.75, 3.05) is 11.5 Å². The summed E-state index contributed by atoms with van der Waals surface area (Å²) >= 11 is 0. The third kappa shape index (κ3) is 7.93. The predicted octanol–water partition coefficient (Wildman–Crippen LogP) is -10.1. The third-order valence-electron chi connectivity index (χ3n) is 8.70. The Morgan fingerprint density at radius 2 is 1.00 bits per heavy atom. The van der Waals surface area contributed by atoms with Crippen molar-refractivity contribution in [3.05, 3.63) is 18.2 Å². The third-order valence-corrected chi connectivity index (χ3v) is 8.70. The highest BCUT2D eigenvalue weighted by Gasteiger charge is 2.49. The van der Waals surface area contributed by atoms with E-state index in [1.807, 2.05) is 12.1 Å². The molecule has 0 amide bonds. The highest BCUT2D eigenvalue weighted by Crippen LogP contribution is 2.36. The topological polar surface area (TPSA) is 61.3 Å². The molecule has 0 aromatic heterocycles. The van der Waals surface area contributed by atoms with Crippen LogP contribution in [0.25, 0.3) is 0 Å². The second-order valence-corrected chi connectivity index (χ2v) is 13.0. The van der Waals surface area contributed by atoms with E-state index in [2.05, 4.69) is 77.4 Å². The molecule has 0 aliphatic heterocycles. The fourth-order valence-corrected chi connectivity index (χ4v) is 7.85. The molecule has 1 aliphatic carbocycles. The molecule has 3 nitrogen and oxygen atoms in total. The lowest BCUT2D eigenvalue weighted by Crippen LogP contribution is -2.79. The first-order valence-electron chi connectivity index (χ1n) is 14.2. The molecule has 1 fully saturated rings. The minimum Gasteiger partial charge on any atom is -0.490 e. The van der Waals surface area contributed by atoms with E-state index in [0.29, 0.717) is 43.3 Å². The summed E-state index contributed by atoms with van der Waals surface area (Å²) < 4.78 is 6.37. The second-order valence-electron chi connectivity index (χ2n) is 13.0. The summed E-state index contributed by atoms with van der Waals surface area (Å²) in [6, 6.07) is 5.60. The number of hydrogen-bond acceptors (Lipinski definition) is 3. The summed E-state index contributed by atoms with van der Waals surface area (Å²) in [5, 5.41) is 0. The van der Waals surface area contributed by atoms with Gasteiger partial charge in [0, 0.05) is 81.1 Å². The molecule has 158 valence electrons. The fraction of sp³-hybridized carbons (Fsp3) is 0.500. The van der Waals surface area contributed by atoms with E-state index >= 15 is 0 Å². The highest BCUT2D eigenvalue weighted by atomic mass is 16.5. The van der Waals surface area contributed by atoms with Gasteiger partial charge in [0.2, 0.25) is 0 Å². The molecule has 1 aromatic rings. The van der Waals surface area contributed by atoms with Crippen molar-refractivity contribution in [3.8, 4) is 5.75 Å². The number of nitrogens with two attached hydrogens (primary N) is 2. The van der Waals surface area contributed by atoms with Crippen LogP contribution < -0.4 is 16.2 Å². The van der Waals surface area contributed by atoms with Crippen LogP contribution in [0.2, 0.25) is 5.82 Å². The van der Waals surface area contributed by atoms with Crippen LogP contribution in [0.4, 0.5) is 11.4 Å². The van der Waals surface area contributed by atoms with Crippen LogP contribution >= 0.6 is 0 Å². The summed E-state index contributed by atoms with van der Waals surface area (Å²) in [4.78, 5) is 0. The van der Waals surface area contributed by atoms with Gasteiger partial charge in [-0.2, -0.15) is 0 Å². The molecular weight excluding hydrogens is 394 g/mol. The number of benzene rings is 1. The van der Waals surface area contributed by atoms with E-state index in [1.54, 1.807) is 6.07 Å². The molecule has 1 saturated carbocycles. The average molecular weight is 431 g/mol. The fourth-order valence-electron chi connectivity index (χ4n) is 7.85. The van der Waals surface area contributed by atoms with E-state index < -0.39 is 0 Å². The largest absolute Gasteiger partial charge is 0.490 e. The molecule has 0 radical (unpaired) electrons. The Hall–Kier alpha value is -0.146. The number of hydrogen-bond donors (Lipinski definition) is 2. The lowest BCUT2D eigenvalue weighted by atomic mass is 8.42. The maximum Gasteiger partial charge on any atom is 0.123 e. The zero-order valence-corrected chi connectivity index (χ0v) is 24.0. The highest BCUT2D eigenvalue weighted by molar-refractivity contribution is 8.14. The maximum atomic E-state index is 6.37. The van der Waals surface area contributed by atoms with Crippen molar-refractivity contribution in [3.63, 3.8) is 0 Å². The minimum atomic E-state index is 0.262. The van der Waals surface area contributed by atoms with E-state index in [4.69, 9.17) is 16.2 Å². The summed E-state index contributed by atoms with van der Waals surface area (Å²) in [5.41, 5.74) is 13.3. The van der Waals surface area contributed by atoms with E-state index in [1.165, 1.54) is 12.8 Å². The average Bonchev–Trinajstić information content (AvgIpc) is 2.68. The molecule has 1 aliphatic rings. The van der Waals surface area contributed by atoms with Gasteiger partial charge < -0.3 is 16.2 Å². The predicted molar refractivity (Wildman–Crippen MR) is 199 cm³/mol. The van der Waals surface area contributed by atoms with Gasteiger partial charge in [-0.15, -0.1) is 0 Å². The molecule has 2 rings (SSSR count). The zero-order chi connectivity index (χ0) is 25.7. The van der Waals surface area contributed by atoms with Crippen LogP contribution in [0.3, 0.4) is 0 Å². The van der Waals surface area contributed by atoms with Crippen LogP contribution in [-0.4, -0.2) is 141 Å². The van der Waals surface area contributed by atoms with Gasteiger partial charge in [0.1, 0.15) is 5.75 Å². The van der Waals surface area contributed by atoms with E-state index in [-0.39, 0.29) is 6.10 Å². The van der Waals surface area contributed by atoms with Crippen molar-refractivity contribution in [2.24, 2.45) is 0 Å². The molecular formula is C12H37B19N2O. The van der Waals surface area contributed by atoms with Gasteiger partial charge in [-0.3, -0.25) is 0 Å². The van der Waals surface area contributed by atoms with Crippen molar-refractivity contribution in [1.29, 1.82) is 0 Å². The standard InChI is InChI=1S/C12H37B19N2O/c13-24(14)29(25(15)16)23(30(26(17)18)31(27(19)20)28(21)22)8-1-3-11(4-2-8)34-12-6-9(32)5-10(33)7-12/h5-8,11H,1-4,13-22,32-33H2. The van der Waals surface area contributed by atoms with Crippen LogP contribution in [0, 0.1) is 0 Å². The van der Waals surface area contributed by atoms with Gasteiger partial charge in [0.25, 0.3) is 0 Å². The van der Waals surface area contributed by atoms with Gasteiger partial charge in [-0.25, -0.2) is 0 Å². The van der Waals surface area contributed by atoms with Crippen LogP contribution in [0.15, 0.2) is 18.2 Å². The maximum absolute atomic E-state index is 6.37. The molecule has 0 bridgehead atoms. The Kier molecular flexibility index (Phi) is 11.9. The normalized spacial score (nSPS) is 17.2. The van der Waals surface area contributed by atoms with Crippen molar-refractivity contribution in [1.82, 2.24) is 0 Å². The molecule has 0 unspecified atom stereocenters. The van der Waals surface area contributed by atoms with Gasteiger partial charge in [0.15, 0.2) is 0 Å². The lowest BCUT2D eigenvalue weighted by molar-refractivity contribution is 0.155. The number of ether oxygens (including phenoxy) is 1. The Labute approximate surface area is 223 Å². The first-order valence-corrected chi connectivity index (χ1v) is 14.2. The molecule has 0 spiro atoms. The Bertz CT molecular complexity index is 725. The minimum absolute atomic E-state index is 0.262. The molecule has 0 atom stereocenters. The molecule has 22 heteroatoms. The Morgan fingerprint density at radius 1 is 0.588 bits per heavy atom. The number of anilines is 2. The van der Waals surface area contributed by atoms with Gasteiger partial charge >= 0.3 is 0 Å². The van der Waals surface area contributed by atoms with E-state index in [0.717, 1.165) is 50.1 Å². The van der Waals surface area contributed by atoms with Crippen LogP contribution in [0.1, 0.15) is 25.7 Å².